The van der Waals surface area contributed by atoms with Crippen LogP contribution in [0.3, 0.4) is 0 Å². The van der Waals surface area contributed by atoms with Crippen molar-refractivity contribution >= 4 is 17.5 Å². The van der Waals surface area contributed by atoms with Crippen LogP contribution < -0.4 is 20.3 Å². The van der Waals surface area contributed by atoms with Crippen molar-refractivity contribution in [2.75, 3.05) is 29.9 Å². The molecule has 0 spiro atoms. The summed E-state index contributed by atoms with van der Waals surface area (Å²) >= 11 is 0. The Morgan fingerprint density at radius 1 is 1.31 bits per heavy atom. The minimum atomic E-state index is -4.70. The number of hydrogen-bond donors (Lipinski definition) is 2. The lowest BCUT2D eigenvalue weighted by Gasteiger charge is -2.19. The highest BCUT2D eigenvalue weighted by molar-refractivity contribution is 5.87. The van der Waals surface area contributed by atoms with Crippen molar-refractivity contribution in [1.29, 1.82) is 0 Å². The van der Waals surface area contributed by atoms with Gasteiger partial charge in [0.25, 0.3) is 0 Å². The predicted octanol–water partition coefficient (Wildman–Crippen LogP) is 3.22. The van der Waals surface area contributed by atoms with Gasteiger partial charge in [0.05, 0.1) is 0 Å². The van der Waals surface area contributed by atoms with E-state index in [0.717, 1.165) is 18.7 Å². The number of halogens is 3. The van der Waals surface area contributed by atoms with E-state index in [1.807, 2.05) is 0 Å². The highest BCUT2D eigenvalue weighted by atomic mass is 19.4. The van der Waals surface area contributed by atoms with Crippen molar-refractivity contribution in [1.82, 2.24) is 10.5 Å². The zero-order chi connectivity index (χ0) is 18.6. The molecule has 10 heteroatoms. The Bertz CT molecular complexity index is 719. The standard InChI is InChI=1S/C16H17F3N4O3/c17-16(18,19)26-13-3-1-12(2-4-13)23-7-5-11(10-23)9-20-15(24)21-14-6-8-25-22-14/h1-4,6,8,11H,5,7,9-10H2,(H2,20,21,22,24). The molecule has 2 N–H and O–H groups in total. The number of urea groups is 1. The number of amides is 2. The van der Waals surface area contributed by atoms with Crippen LogP contribution in [0.15, 0.2) is 41.1 Å². The fourth-order valence-corrected chi connectivity index (χ4v) is 2.77. The number of carbonyl (C=O) groups excluding carboxylic acids is 1. The maximum absolute atomic E-state index is 12.2. The molecule has 2 aromatic rings. The fourth-order valence-electron chi connectivity index (χ4n) is 2.77. The van der Waals surface area contributed by atoms with Gasteiger partial charge in [-0.05, 0) is 36.6 Å². The zero-order valence-electron chi connectivity index (χ0n) is 13.6. The molecule has 7 nitrogen and oxygen atoms in total. The number of ether oxygens (including phenoxy) is 1. The molecule has 1 aromatic carbocycles. The molecule has 1 fully saturated rings. The summed E-state index contributed by atoms with van der Waals surface area (Å²) in [5.74, 6) is 0.323. The molecular weight excluding hydrogens is 353 g/mol. The first-order valence-electron chi connectivity index (χ1n) is 7.95. The lowest BCUT2D eigenvalue weighted by atomic mass is 10.1. The summed E-state index contributed by atoms with van der Waals surface area (Å²) in [6.45, 7) is 1.94. The van der Waals surface area contributed by atoms with Crippen LogP contribution in [0.2, 0.25) is 0 Å². The number of nitrogens with one attached hydrogen (secondary N) is 2. The Kier molecular flexibility index (Phi) is 5.19. The SMILES string of the molecule is O=C(NCC1CCN(c2ccc(OC(F)(F)F)cc2)C1)Nc1ccon1. The maximum atomic E-state index is 12.2. The topological polar surface area (TPSA) is 79.6 Å². The second kappa shape index (κ2) is 7.54. The first-order valence-corrected chi connectivity index (χ1v) is 7.95. The molecule has 1 aromatic heterocycles. The van der Waals surface area contributed by atoms with Crippen molar-refractivity contribution < 1.29 is 27.2 Å². The highest BCUT2D eigenvalue weighted by Crippen LogP contribution is 2.28. The number of alkyl halides is 3. The molecule has 0 saturated carbocycles. The molecule has 140 valence electrons. The highest BCUT2D eigenvalue weighted by Gasteiger charge is 2.31. The molecular formula is C16H17F3N4O3. The first-order chi connectivity index (χ1) is 12.4. The van der Waals surface area contributed by atoms with Crippen LogP contribution in [-0.2, 0) is 0 Å². The molecule has 1 aliphatic rings. The van der Waals surface area contributed by atoms with Gasteiger partial charge < -0.3 is 19.5 Å². The Morgan fingerprint density at radius 3 is 2.73 bits per heavy atom. The third-order valence-corrected chi connectivity index (χ3v) is 3.95. The molecule has 0 bridgehead atoms. The Morgan fingerprint density at radius 2 is 2.08 bits per heavy atom. The summed E-state index contributed by atoms with van der Waals surface area (Å²) in [7, 11) is 0. The molecule has 1 aliphatic heterocycles. The van der Waals surface area contributed by atoms with E-state index in [1.54, 1.807) is 12.1 Å². The number of carbonyl (C=O) groups is 1. The predicted molar refractivity (Wildman–Crippen MR) is 87.0 cm³/mol. The van der Waals surface area contributed by atoms with E-state index < -0.39 is 6.36 Å². The van der Waals surface area contributed by atoms with Crippen molar-refractivity contribution in [3.05, 3.63) is 36.6 Å². The van der Waals surface area contributed by atoms with Crippen LogP contribution in [0.5, 0.6) is 5.75 Å². The van der Waals surface area contributed by atoms with Gasteiger partial charge in [0.1, 0.15) is 12.0 Å². The summed E-state index contributed by atoms with van der Waals surface area (Å²) in [4.78, 5) is 13.8. The monoisotopic (exact) mass is 370 g/mol. The van der Waals surface area contributed by atoms with Crippen LogP contribution in [0.1, 0.15) is 6.42 Å². The lowest BCUT2D eigenvalue weighted by Crippen LogP contribution is -2.34. The largest absolute Gasteiger partial charge is 0.573 e. The molecule has 1 saturated heterocycles. The number of hydrogen-bond acceptors (Lipinski definition) is 5. The smallest absolute Gasteiger partial charge is 0.406 e. The normalized spacial score (nSPS) is 17.2. The number of anilines is 2. The van der Waals surface area contributed by atoms with E-state index in [1.165, 1.54) is 24.5 Å². The van der Waals surface area contributed by atoms with Crippen LogP contribution in [-0.4, -0.2) is 37.2 Å². The van der Waals surface area contributed by atoms with E-state index in [4.69, 9.17) is 0 Å². The van der Waals surface area contributed by atoms with Gasteiger partial charge in [-0.2, -0.15) is 0 Å². The van der Waals surface area contributed by atoms with Crippen molar-refractivity contribution in [3.8, 4) is 5.75 Å². The van der Waals surface area contributed by atoms with Crippen molar-refractivity contribution in [2.45, 2.75) is 12.8 Å². The molecule has 0 aliphatic carbocycles. The van der Waals surface area contributed by atoms with Crippen LogP contribution >= 0.6 is 0 Å². The van der Waals surface area contributed by atoms with E-state index in [-0.39, 0.29) is 17.7 Å². The second-order valence-electron chi connectivity index (χ2n) is 5.86. The quantitative estimate of drug-likeness (QED) is 0.845. The van der Waals surface area contributed by atoms with Gasteiger partial charge >= 0.3 is 12.4 Å². The summed E-state index contributed by atoms with van der Waals surface area (Å²) in [6.07, 6.45) is -2.47. The molecule has 1 unspecified atom stereocenters. The number of aromatic nitrogens is 1. The Balaban J connectivity index is 1.45. The summed E-state index contributed by atoms with van der Waals surface area (Å²) in [6, 6.07) is 6.93. The third kappa shape index (κ3) is 5.04. The van der Waals surface area contributed by atoms with Gasteiger partial charge in [-0.3, -0.25) is 5.32 Å². The van der Waals surface area contributed by atoms with E-state index >= 15 is 0 Å². The van der Waals surface area contributed by atoms with Gasteiger partial charge in [-0.25, -0.2) is 4.79 Å². The first kappa shape index (κ1) is 17.9. The molecule has 2 heterocycles. The van der Waals surface area contributed by atoms with Crippen LogP contribution in [0, 0.1) is 5.92 Å². The van der Waals surface area contributed by atoms with Gasteiger partial charge in [0.2, 0.25) is 0 Å². The van der Waals surface area contributed by atoms with Gasteiger partial charge in [-0.1, -0.05) is 5.16 Å². The van der Waals surface area contributed by atoms with Crippen molar-refractivity contribution in [2.24, 2.45) is 5.92 Å². The van der Waals surface area contributed by atoms with Crippen molar-refractivity contribution in [3.63, 3.8) is 0 Å². The van der Waals surface area contributed by atoms with Crippen LogP contribution in [0.25, 0.3) is 0 Å². The van der Waals surface area contributed by atoms with Gasteiger partial charge in [0.15, 0.2) is 5.82 Å². The molecule has 3 rings (SSSR count). The fraction of sp³-hybridized carbons (Fsp3) is 0.375. The third-order valence-electron chi connectivity index (χ3n) is 3.95. The molecule has 1 atom stereocenters. The summed E-state index contributed by atoms with van der Waals surface area (Å²) in [5, 5.41) is 8.89. The van der Waals surface area contributed by atoms with Gasteiger partial charge in [0, 0.05) is 31.4 Å². The van der Waals surface area contributed by atoms with E-state index in [0.29, 0.717) is 18.9 Å². The molecule has 0 radical (unpaired) electrons. The number of rotatable bonds is 5. The average molecular weight is 370 g/mol. The summed E-state index contributed by atoms with van der Waals surface area (Å²) < 4.78 is 45.0. The second-order valence-corrected chi connectivity index (χ2v) is 5.86. The Hall–Kier alpha value is -2.91. The molecule has 2 amide bonds. The number of benzene rings is 1. The lowest BCUT2D eigenvalue weighted by molar-refractivity contribution is -0.274. The minimum absolute atomic E-state index is 0.240. The minimum Gasteiger partial charge on any atom is -0.406 e. The average Bonchev–Trinajstić information content (AvgIpc) is 3.24. The van der Waals surface area contributed by atoms with E-state index in [2.05, 4.69) is 30.0 Å². The number of nitrogens with zero attached hydrogens (tertiary/aromatic N) is 2. The maximum Gasteiger partial charge on any atom is 0.573 e. The van der Waals surface area contributed by atoms with Crippen LogP contribution in [0.4, 0.5) is 29.5 Å². The summed E-state index contributed by atoms with van der Waals surface area (Å²) in [5.41, 5.74) is 0.814. The van der Waals surface area contributed by atoms with Gasteiger partial charge in [-0.15, -0.1) is 13.2 Å². The van der Waals surface area contributed by atoms with E-state index in [9.17, 15) is 18.0 Å². The Labute approximate surface area is 147 Å². The zero-order valence-corrected chi connectivity index (χ0v) is 13.6. The molecule has 26 heavy (non-hydrogen) atoms.